The summed E-state index contributed by atoms with van der Waals surface area (Å²) in [5.41, 5.74) is 2.94. The lowest BCUT2D eigenvalue weighted by molar-refractivity contribution is 0.0210. The minimum atomic E-state index is -0.824. The lowest BCUT2D eigenvalue weighted by atomic mass is 9.89. The number of rotatable bonds is 6. The van der Waals surface area contributed by atoms with Gasteiger partial charge in [0.25, 0.3) is 0 Å². The smallest absolute Gasteiger partial charge is 0.0890 e. The summed E-state index contributed by atoms with van der Waals surface area (Å²) in [4.78, 5) is 2.68. The van der Waals surface area contributed by atoms with Gasteiger partial charge in [0.1, 0.15) is 0 Å². The molecule has 1 atom stereocenters. The first kappa shape index (κ1) is 17.7. The fourth-order valence-electron chi connectivity index (χ4n) is 3.69. The maximum absolute atomic E-state index is 10.5. The number of ether oxygens (including phenoxy) is 1. The van der Waals surface area contributed by atoms with Gasteiger partial charge in [0.05, 0.1) is 5.60 Å². The molecule has 0 spiro atoms. The summed E-state index contributed by atoms with van der Waals surface area (Å²) in [6.45, 7) is 4.87. The molecule has 2 fully saturated rings. The normalized spacial score (nSPS) is 22.0. The molecule has 0 radical (unpaired) electrons. The third-order valence-electron chi connectivity index (χ3n) is 5.73. The van der Waals surface area contributed by atoms with Gasteiger partial charge in [-0.1, -0.05) is 42.3 Å². The molecule has 3 heteroatoms. The third-order valence-corrected chi connectivity index (χ3v) is 5.73. The van der Waals surface area contributed by atoms with E-state index < -0.39 is 5.60 Å². The molecule has 0 bridgehead atoms. The topological polar surface area (TPSA) is 32.7 Å². The second kappa shape index (κ2) is 7.81. The van der Waals surface area contributed by atoms with Gasteiger partial charge in [0.15, 0.2) is 0 Å². The van der Waals surface area contributed by atoms with Gasteiger partial charge in [0, 0.05) is 39.3 Å². The molecule has 1 heterocycles. The van der Waals surface area contributed by atoms with E-state index in [2.05, 4.69) is 23.1 Å². The summed E-state index contributed by atoms with van der Waals surface area (Å²) < 4.78 is 5.09. The first-order valence-corrected chi connectivity index (χ1v) is 9.34. The van der Waals surface area contributed by atoms with E-state index in [9.17, 15) is 5.11 Å². The van der Waals surface area contributed by atoms with Gasteiger partial charge in [-0.05, 0) is 43.7 Å². The lowest BCUT2D eigenvalue weighted by Gasteiger charge is -2.40. The SMILES string of the molecule is COCCC(C)(O)c1ccc(C=C2CCN(C3CCC3)CC2)cc1. The maximum atomic E-state index is 10.5. The van der Waals surface area contributed by atoms with Gasteiger partial charge >= 0.3 is 0 Å². The molecule has 3 rings (SSSR count). The predicted octanol–water partition coefficient (Wildman–Crippen LogP) is 3.96. The van der Waals surface area contributed by atoms with Crippen LogP contribution in [-0.4, -0.2) is 42.9 Å². The molecule has 3 nitrogen and oxygen atoms in total. The Morgan fingerprint density at radius 2 is 1.88 bits per heavy atom. The molecular weight excluding hydrogens is 298 g/mol. The van der Waals surface area contributed by atoms with E-state index >= 15 is 0 Å². The van der Waals surface area contributed by atoms with Crippen LogP contribution in [0.5, 0.6) is 0 Å². The zero-order chi connectivity index (χ0) is 17.0. The molecule has 1 aromatic carbocycles. The summed E-state index contributed by atoms with van der Waals surface area (Å²) in [5, 5.41) is 10.5. The molecule has 1 aliphatic heterocycles. The van der Waals surface area contributed by atoms with Crippen LogP contribution < -0.4 is 0 Å². The molecule has 1 saturated heterocycles. The largest absolute Gasteiger partial charge is 0.385 e. The highest BCUT2D eigenvalue weighted by Gasteiger charge is 2.26. The summed E-state index contributed by atoms with van der Waals surface area (Å²) in [6, 6.07) is 9.22. The minimum absolute atomic E-state index is 0.566. The average molecular weight is 329 g/mol. The van der Waals surface area contributed by atoms with Crippen molar-refractivity contribution in [1.29, 1.82) is 0 Å². The van der Waals surface area contributed by atoms with Crippen molar-refractivity contribution < 1.29 is 9.84 Å². The molecule has 132 valence electrons. The Balaban J connectivity index is 1.57. The summed E-state index contributed by atoms with van der Waals surface area (Å²) in [7, 11) is 1.67. The zero-order valence-electron chi connectivity index (χ0n) is 15.1. The van der Waals surface area contributed by atoms with E-state index in [-0.39, 0.29) is 0 Å². The van der Waals surface area contributed by atoms with E-state index in [0.717, 1.165) is 11.6 Å². The van der Waals surface area contributed by atoms with Crippen LogP contribution in [0, 0.1) is 0 Å². The highest BCUT2D eigenvalue weighted by molar-refractivity contribution is 5.54. The average Bonchev–Trinajstić information content (AvgIpc) is 2.54. The van der Waals surface area contributed by atoms with Gasteiger partial charge in [-0.25, -0.2) is 0 Å². The van der Waals surface area contributed by atoms with Crippen LogP contribution in [0.3, 0.4) is 0 Å². The first-order valence-electron chi connectivity index (χ1n) is 9.34. The Kier molecular flexibility index (Phi) is 5.75. The fraction of sp³-hybridized carbons (Fsp3) is 0.619. The van der Waals surface area contributed by atoms with Crippen LogP contribution in [-0.2, 0) is 10.3 Å². The number of piperidine rings is 1. The van der Waals surface area contributed by atoms with Crippen molar-refractivity contribution >= 4 is 6.08 Å². The van der Waals surface area contributed by atoms with Crippen LogP contribution in [0.2, 0.25) is 0 Å². The van der Waals surface area contributed by atoms with Crippen LogP contribution >= 0.6 is 0 Å². The van der Waals surface area contributed by atoms with Gasteiger partial charge in [-0.2, -0.15) is 0 Å². The molecule has 1 aromatic rings. The molecule has 0 aromatic heterocycles. The van der Waals surface area contributed by atoms with E-state index in [1.807, 2.05) is 19.1 Å². The number of aliphatic hydroxyl groups is 1. The molecule has 1 N–H and O–H groups in total. The van der Waals surface area contributed by atoms with Gasteiger partial charge in [-0.3, -0.25) is 4.90 Å². The molecule has 0 amide bonds. The monoisotopic (exact) mass is 329 g/mol. The molecule has 1 saturated carbocycles. The molecule has 1 unspecified atom stereocenters. The van der Waals surface area contributed by atoms with Crippen molar-refractivity contribution in [3.8, 4) is 0 Å². The Morgan fingerprint density at radius 3 is 2.42 bits per heavy atom. The predicted molar refractivity (Wildman–Crippen MR) is 98.9 cm³/mol. The van der Waals surface area contributed by atoms with E-state index in [1.165, 1.54) is 50.8 Å². The van der Waals surface area contributed by atoms with E-state index in [1.54, 1.807) is 12.7 Å². The molecular formula is C21H31NO2. The van der Waals surface area contributed by atoms with E-state index in [4.69, 9.17) is 4.74 Å². The standard InChI is InChI=1S/C21H31NO2/c1-21(23,12-15-24-2)19-8-6-17(7-9-19)16-18-10-13-22(14-11-18)20-4-3-5-20/h6-9,16,20,23H,3-5,10-15H2,1-2H3. The number of nitrogens with zero attached hydrogens (tertiary/aromatic N) is 1. The fourth-order valence-corrected chi connectivity index (χ4v) is 3.69. The Labute approximate surface area is 146 Å². The van der Waals surface area contributed by atoms with Crippen LogP contribution in [0.4, 0.5) is 0 Å². The number of likely N-dealkylation sites (tertiary alicyclic amines) is 1. The Hall–Kier alpha value is -1.16. The summed E-state index contributed by atoms with van der Waals surface area (Å²) in [6.07, 6.45) is 9.58. The number of benzene rings is 1. The number of hydrogen-bond acceptors (Lipinski definition) is 3. The van der Waals surface area contributed by atoms with Crippen LogP contribution in [0.15, 0.2) is 29.8 Å². The maximum Gasteiger partial charge on any atom is 0.0890 e. The summed E-state index contributed by atoms with van der Waals surface area (Å²) >= 11 is 0. The van der Waals surface area contributed by atoms with Crippen molar-refractivity contribution in [2.45, 2.75) is 57.1 Å². The zero-order valence-corrected chi connectivity index (χ0v) is 15.1. The Bertz CT molecular complexity index is 548. The highest BCUT2D eigenvalue weighted by atomic mass is 16.5. The molecule has 2 aliphatic rings. The van der Waals surface area contributed by atoms with Gasteiger partial charge in [0.2, 0.25) is 0 Å². The van der Waals surface area contributed by atoms with E-state index in [0.29, 0.717) is 13.0 Å². The third kappa shape index (κ3) is 4.27. The lowest BCUT2D eigenvalue weighted by Crippen LogP contribution is -2.43. The van der Waals surface area contributed by atoms with Crippen molar-refractivity contribution in [2.75, 3.05) is 26.8 Å². The van der Waals surface area contributed by atoms with Crippen molar-refractivity contribution in [2.24, 2.45) is 0 Å². The second-order valence-corrected chi connectivity index (χ2v) is 7.56. The van der Waals surface area contributed by atoms with Crippen LogP contribution in [0.1, 0.15) is 56.6 Å². The van der Waals surface area contributed by atoms with Crippen molar-refractivity contribution in [1.82, 2.24) is 4.90 Å². The highest BCUT2D eigenvalue weighted by Crippen LogP contribution is 2.30. The number of methoxy groups -OCH3 is 1. The van der Waals surface area contributed by atoms with Crippen molar-refractivity contribution in [3.05, 3.63) is 41.0 Å². The quantitative estimate of drug-likeness (QED) is 0.857. The van der Waals surface area contributed by atoms with Crippen molar-refractivity contribution in [3.63, 3.8) is 0 Å². The minimum Gasteiger partial charge on any atom is -0.385 e. The number of hydrogen-bond donors (Lipinski definition) is 1. The molecule has 24 heavy (non-hydrogen) atoms. The Morgan fingerprint density at radius 1 is 1.21 bits per heavy atom. The second-order valence-electron chi connectivity index (χ2n) is 7.56. The van der Waals surface area contributed by atoms with Gasteiger partial charge in [-0.15, -0.1) is 0 Å². The first-order chi connectivity index (χ1) is 11.6. The van der Waals surface area contributed by atoms with Crippen LogP contribution in [0.25, 0.3) is 6.08 Å². The van der Waals surface area contributed by atoms with Gasteiger partial charge < -0.3 is 9.84 Å². The summed E-state index contributed by atoms with van der Waals surface area (Å²) in [5.74, 6) is 0. The molecule has 1 aliphatic carbocycles.